The maximum atomic E-state index is 11.8. The SMILES string of the molecule is CC(NC1Cc2ccccc2C1O)c1ccc(NC(=O)C2CC2)cc1. The van der Waals surface area contributed by atoms with Gasteiger partial charge in [-0.15, -0.1) is 0 Å². The van der Waals surface area contributed by atoms with Gasteiger partial charge in [-0.2, -0.15) is 0 Å². The van der Waals surface area contributed by atoms with Crippen molar-refractivity contribution in [2.45, 2.75) is 44.4 Å². The molecular weight excluding hydrogens is 312 g/mol. The van der Waals surface area contributed by atoms with Crippen LogP contribution in [0.2, 0.25) is 0 Å². The standard InChI is InChI=1S/C21H24N2O2/c1-13(22-19-12-16-4-2-3-5-18(16)20(19)24)14-8-10-17(11-9-14)23-21(25)15-6-7-15/h2-5,8-11,13,15,19-20,22,24H,6-7,12H2,1H3,(H,23,25). The van der Waals surface area contributed by atoms with Gasteiger partial charge in [0.15, 0.2) is 0 Å². The number of aliphatic hydroxyl groups excluding tert-OH is 1. The third-order valence-corrected chi connectivity index (χ3v) is 5.29. The zero-order valence-corrected chi connectivity index (χ0v) is 14.4. The van der Waals surface area contributed by atoms with Gasteiger partial charge >= 0.3 is 0 Å². The molecule has 0 aromatic heterocycles. The number of nitrogens with one attached hydrogen (secondary N) is 2. The molecule has 0 saturated heterocycles. The van der Waals surface area contributed by atoms with E-state index < -0.39 is 6.10 Å². The Balaban J connectivity index is 1.38. The number of hydrogen-bond acceptors (Lipinski definition) is 3. The first-order chi connectivity index (χ1) is 12.1. The maximum absolute atomic E-state index is 11.8. The fraction of sp³-hybridized carbons (Fsp3) is 0.381. The number of anilines is 1. The number of fused-ring (bicyclic) bond motifs is 1. The Morgan fingerprint density at radius 1 is 1.12 bits per heavy atom. The first-order valence-corrected chi connectivity index (χ1v) is 9.04. The highest BCUT2D eigenvalue weighted by molar-refractivity contribution is 5.94. The Bertz CT molecular complexity index is 768. The number of benzene rings is 2. The van der Waals surface area contributed by atoms with Crippen LogP contribution in [0, 0.1) is 5.92 Å². The smallest absolute Gasteiger partial charge is 0.227 e. The molecule has 1 saturated carbocycles. The maximum Gasteiger partial charge on any atom is 0.227 e. The number of carbonyl (C=O) groups excluding carboxylic acids is 1. The van der Waals surface area contributed by atoms with E-state index in [0.29, 0.717) is 0 Å². The minimum absolute atomic E-state index is 0.0293. The van der Waals surface area contributed by atoms with E-state index in [2.05, 4.69) is 23.6 Å². The second-order valence-electron chi connectivity index (χ2n) is 7.23. The Hall–Kier alpha value is -2.17. The summed E-state index contributed by atoms with van der Waals surface area (Å²) in [7, 11) is 0. The third kappa shape index (κ3) is 3.46. The molecule has 1 amide bonds. The van der Waals surface area contributed by atoms with E-state index in [1.165, 1.54) is 5.56 Å². The summed E-state index contributed by atoms with van der Waals surface area (Å²) in [6, 6.07) is 16.2. The summed E-state index contributed by atoms with van der Waals surface area (Å²) in [5.41, 5.74) is 4.25. The van der Waals surface area contributed by atoms with Crippen molar-refractivity contribution in [2.24, 2.45) is 5.92 Å². The molecule has 2 aromatic carbocycles. The van der Waals surface area contributed by atoms with E-state index >= 15 is 0 Å². The molecule has 0 spiro atoms. The predicted molar refractivity (Wildman–Crippen MR) is 98.2 cm³/mol. The van der Waals surface area contributed by atoms with Crippen molar-refractivity contribution in [1.29, 1.82) is 0 Å². The summed E-state index contributed by atoms with van der Waals surface area (Å²) in [6.07, 6.45) is 2.40. The van der Waals surface area contributed by atoms with Gasteiger partial charge in [-0.05, 0) is 55.0 Å². The molecule has 0 aliphatic heterocycles. The molecule has 4 rings (SSSR count). The van der Waals surface area contributed by atoms with Crippen LogP contribution in [0.15, 0.2) is 48.5 Å². The van der Waals surface area contributed by atoms with E-state index in [1.54, 1.807) is 0 Å². The molecule has 25 heavy (non-hydrogen) atoms. The highest BCUT2D eigenvalue weighted by Gasteiger charge is 2.31. The molecule has 2 aliphatic carbocycles. The van der Waals surface area contributed by atoms with Crippen molar-refractivity contribution in [3.05, 3.63) is 65.2 Å². The minimum Gasteiger partial charge on any atom is -0.387 e. The quantitative estimate of drug-likeness (QED) is 0.785. The molecule has 2 aliphatic rings. The van der Waals surface area contributed by atoms with Crippen molar-refractivity contribution in [2.75, 3.05) is 5.32 Å². The molecular formula is C21H24N2O2. The molecule has 0 radical (unpaired) electrons. The van der Waals surface area contributed by atoms with Crippen molar-refractivity contribution in [3.63, 3.8) is 0 Å². The Morgan fingerprint density at radius 2 is 1.84 bits per heavy atom. The largest absolute Gasteiger partial charge is 0.387 e. The normalized spacial score (nSPS) is 23.1. The zero-order chi connectivity index (χ0) is 17.4. The fourth-order valence-electron chi connectivity index (χ4n) is 3.59. The molecule has 3 unspecified atom stereocenters. The van der Waals surface area contributed by atoms with E-state index in [4.69, 9.17) is 0 Å². The van der Waals surface area contributed by atoms with Crippen LogP contribution in [-0.4, -0.2) is 17.1 Å². The molecule has 3 atom stereocenters. The van der Waals surface area contributed by atoms with Gasteiger partial charge in [0.2, 0.25) is 5.91 Å². The summed E-state index contributed by atoms with van der Waals surface area (Å²) >= 11 is 0. The molecule has 130 valence electrons. The highest BCUT2D eigenvalue weighted by Crippen LogP contribution is 2.33. The Labute approximate surface area is 148 Å². The molecule has 3 N–H and O–H groups in total. The van der Waals surface area contributed by atoms with Crippen LogP contribution in [0.1, 0.15) is 48.6 Å². The molecule has 0 bridgehead atoms. The lowest BCUT2D eigenvalue weighted by Gasteiger charge is -2.23. The summed E-state index contributed by atoms with van der Waals surface area (Å²) in [4.78, 5) is 11.8. The van der Waals surface area contributed by atoms with E-state index in [-0.39, 0.29) is 23.9 Å². The Kier molecular flexibility index (Phi) is 4.32. The lowest BCUT2D eigenvalue weighted by Crippen LogP contribution is -2.34. The van der Waals surface area contributed by atoms with Crippen molar-refractivity contribution in [3.8, 4) is 0 Å². The van der Waals surface area contributed by atoms with Gasteiger partial charge in [-0.25, -0.2) is 0 Å². The van der Waals surface area contributed by atoms with Crippen LogP contribution >= 0.6 is 0 Å². The minimum atomic E-state index is -0.462. The summed E-state index contributed by atoms with van der Waals surface area (Å²) in [5.74, 6) is 0.344. The number of hydrogen-bond donors (Lipinski definition) is 3. The van der Waals surface area contributed by atoms with Crippen LogP contribution in [0.25, 0.3) is 0 Å². The first-order valence-electron chi connectivity index (χ1n) is 9.04. The van der Waals surface area contributed by atoms with E-state index in [1.807, 2.05) is 42.5 Å². The van der Waals surface area contributed by atoms with Crippen molar-refractivity contribution in [1.82, 2.24) is 5.32 Å². The number of aliphatic hydroxyl groups is 1. The topological polar surface area (TPSA) is 61.4 Å². The molecule has 4 nitrogen and oxygen atoms in total. The Morgan fingerprint density at radius 3 is 2.52 bits per heavy atom. The third-order valence-electron chi connectivity index (χ3n) is 5.29. The summed E-state index contributed by atoms with van der Waals surface area (Å²) in [5, 5.41) is 17.0. The predicted octanol–water partition coefficient (Wildman–Crippen LogP) is 3.34. The van der Waals surface area contributed by atoms with Gasteiger partial charge in [0.25, 0.3) is 0 Å². The molecule has 0 heterocycles. The second-order valence-corrected chi connectivity index (χ2v) is 7.23. The average molecular weight is 336 g/mol. The number of carbonyl (C=O) groups is 1. The zero-order valence-electron chi connectivity index (χ0n) is 14.4. The lowest BCUT2D eigenvalue weighted by molar-refractivity contribution is -0.117. The van der Waals surface area contributed by atoms with Crippen LogP contribution in [0.3, 0.4) is 0 Å². The number of amides is 1. The van der Waals surface area contributed by atoms with Gasteiger partial charge in [0.1, 0.15) is 0 Å². The summed E-state index contributed by atoms with van der Waals surface area (Å²) < 4.78 is 0. The number of rotatable bonds is 5. The van der Waals surface area contributed by atoms with Crippen LogP contribution in [0.4, 0.5) is 5.69 Å². The van der Waals surface area contributed by atoms with Gasteiger partial charge in [0.05, 0.1) is 6.10 Å². The average Bonchev–Trinajstić information content (AvgIpc) is 3.42. The van der Waals surface area contributed by atoms with Crippen LogP contribution in [0.5, 0.6) is 0 Å². The summed E-state index contributed by atoms with van der Waals surface area (Å²) in [6.45, 7) is 2.10. The lowest BCUT2D eigenvalue weighted by atomic mass is 10.0. The molecule has 2 aromatic rings. The first kappa shape index (κ1) is 16.3. The fourth-order valence-corrected chi connectivity index (χ4v) is 3.59. The van der Waals surface area contributed by atoms with Gasteiger partial charge in [0, 0.05) is 23.7 Å². The van der Waals surface area contributed by atoms with Gasteiger partial charge in [-0.1, -0.05) is 36.4 Å². The van der Waals surface area contributed by atoms with Gasteiger partial charge < -0.3 is 15.7 Å². The van der Waals surface area contributed by atoms with E-state index in [0.717, 1.165) is 36.1 Å². The second kappa shape index (κ2) is 6.62. The van der Waals surface area contributed by atoms with Crippen LogP contribution in [-0.2, 0) is 11.2 Å². The van der Waals surface area contributed by atoms with Gasteiger partial charge in [-0.3, -0.25) is 4.79 Å². The molecule has 1 fully saturated rings. The highest BCUT2D eigenvalue weighted by atomic mass is 16.3. The van der Waals surface area contributed by atoms with Crippen molar-refractivity contribution < 1.29 is 9.90 Å². The van der Waals surface area contributed by atoms with E-state index in [9.17, 15) is 9.90 Å². The van der Waals surface area contributed by atoms with Crippen LogP contribution < -0.4 is 10.6 Å². The van der Waals surface area contributed by atoms with Crippen molar-refractivity contribution >= 4 is 11.6 Å². The monoisotopic (exact) mass is 336 g/mol. The molecule has 4 heteroatoms.